The third-order valence-electron chi connectivity index (χ3n) is 5.63. The van der Waals surface area contributed by atoms with Crippen LogP contribution in [0.4, 0.5) is 11.5 Å². The topological polar surface area (TPSA) is 139 Å². The zero-order chi connectivity index (χ0) is 25.7. The van der Waals surface area contributed by atoms with Gasteiger partial charge in [-0.15, -0.1) is 12.4 Å². The Balaban J connectivity index is 0.00000380. The van der Waals surface area contributed by atoms with E-state index in [2.05, 4.69) is 10.3 Å². The number of hydrogen-bond acceptors (Lipinski definition) is 7. The van der Waals surface area contributed by atoms with Gasteiger partial charge in [0, 0.05) is 30.1 Å². The lowest BCUT2D eigenvalue weighted by Crippen LogP contribution is -2.37. The standard InChI is InChI=1S/C26H27N7O3.ClH/c1-3-36-24(34)16-33(22-6-4-5-13-29-22)26(35)18-9-12-21-20(14-18)31-23(32(21)2)15-30-19-10-7-17(8-11-19)25(27)28;/h4-14,30H,3,15-16H2,1-2H3,(H3,27,28);1H. The molecule has 0 aliphatic rings. The number of aryl methyl sites for hydroxylation is 1. The van der Waals surface area contributed by atoms with E-state index in [0.29, 0.717) is 29.0 Å². The maximum atomic E-state index is 13.4. The van der Waals surface area contributed by atoms with Crippen molar-refractivity contribution in [1.82, 2.24) is 14.5 Å². The van der Waals surface area contributed by atoms with Gasteiger partial charge in [0.15, 0.2) is 0 Å². The van der Waals surface area contributed by atoms with Gasteiger partial charge in [-0.05, 0) is 61.5 Å². The molecule has 1 amide bonds. The molecule has 10 nitrogen and oxygen atoms in total. The first-order valence-corrected chi connectivity index (χ1v) is 11.4. The highest BCUT2D eigenvalue weighted by Gasteiger charge is 2.23. The van der Waals surface area contributed by atoms with E-state index in [9.17, 15) is 9.59 Å². The minimum atomic E-state index is -0.514. The van der Waals surface area contributed by atoms with Gasteiger partial charge in [-0.3, -0.25) is 19.9 Å². The van der Waals surface area contributed by atoms with E-state index in [0.717, 1.165) is 17.0 Å². The summed E-state index contributed by atoms with van der Waals surface area (Å²) < 4.78 is 7.00. The largest absolute Gasteiger partial charge is 0.465 e. The molecule has 37 heavy (non-hydrogen) atoms. The molecule has 0 fully saturated rings. The summed E-state index contributed by atoms with van der Waals surface area (Å²) in [6.45, 7) is 2.15. The van der Waals surface area contributed by atoms with Crippen LogP contribution >= 0.6 is 12.4 Å². The van der Waals surface area contributed by atoms with E-state index >= 15 is 0 Å². The van der Waals surface area contributed by atoms with E-state index in [1.807, 2.05) is 29.8 Å². The Bertz CT molecular complexity index is 1410. The number of hydrogen-bond donors (Lipinski definition) is 3. The van der Waals surface area contributed by atoms with Crippen LogP contribution in [0.15, 0.2) is 66.9 Å². The Morgan fingerprint density at radius 3 is 2.49 bits per heavy atom. The summed E-state index contributed by atoms with van der Waals surface area (Å²) >= 11 is 0. The van der Waals surface area contributed by atoms with Crippen molar-refractivity contribution in [2.45, 2.75) is 13.5 Å². The second-order valence-corrected chi connectivity index (χ2v) is 8.02. The lowest BCUT2D eigenvalue weighted by molar-refractivity contribution is -0.141. The molecule has 4 aromatic rings. The number of halogens is 1. The molecule has 0 aliphatic carbocycles. The summed E-state index contributed by atoms with van der Waals surface area (Å²) in [6.07, 6.45) is 1.57. The van der Waals surface area contributed by atoms with Gasteiger partial charge in [-0.25, -0.2) is 9.97 Å². The molecule has 2 heterocycles. The van der Waals surface area contributed by atoms with E-state index < -0.39 is 5.97 Å². The van der Waals surface area contributed by atoms with Crippen molar-refractivity contribution >= 4 is 52.7 Å². The highest BCUT2D eigenvalue weighted by molar-refractivity contribution is 6.09. The average molecular weight is 522 g/mol. The van der Waals surface area contributed by atoms with Gasteiger partial charge in [-0.2, -0.15) is 0 Å². The molecule has 2 aromatic carbocycles. The van der Waals surface area contributed by atoms with Crippen molar-refractivity contribution in [1.29, 1.82) is 5.41 Å². The lowest BCUT2D eigenvalue weighted by Gasteiger charge is -2.20. The maximum Gasteiger partial charge on any atom is 0.326 e. The number of nitrogens with two attached hydrogens (primary N) is 1. The van der Waals surface area contributed by atoms with E-state index in [4.69, 9.17) is 20.9 Å². The number of imidazole rings is 1. The van der Waals surface area contributed by atoms with Gasteiger partial charge in [0.05, 0.1) is 24.2 Å². The Labute approximate surface area is 220 Å². The first kappa shape index (κ1) is 27.2. The molecular formula is C26H28ClN7O3. The predicted octanol–water partition coefficient (Wildman–Crippen LogP) is 3.50. The first-order chi connectivity index (χ1) is 17.4. The third-order valence-corrected chi connectivity index (χ3v) is 5.63. The average Bonchev–Trinajstić information content (AvgIpc) is 3.21. The van der Waals surface area contributed by atoms with Crippen LogP contribution in [-0.4, -0.2) is 45.4 Å². The summed E-state index contributed by atoms with van der Waals surface area (Å²) in [5.74, 6) is 0.265. The van der Waals surface area contributed by atoms with Gasteiger partial charge < -0.3 is 20.4 Å². The normalized spacial score (nSPS) is 10.4. The molecule has 0 bridgehead atoms. The predicted molar refractivity (Wildman–Crippen MR) is 145 cm³/mol. The van der Waals surface area contributed by atoms with Gasteiger partial charge in [0.25, 0.3) is 5.91 Å². The first-order valence-electron chi connectivity index (χ1n) is 11.4. The molecule has 0 unspecified atom stereocenters. The molecule has 11 heteroatoms. The minimum absolute atomic E-state index is 0. The fourth-order valence-electron chi connectivity index (χ4n) is 3.75. The molecule has 192 valence electrons. The zero-order valence-electron chi connectivity index (χ0n) is 20.5. The highest BCUT2D eigenvalue weighted by atomic mass is 35.5. The van der Waals surface area contributed by atoms with E-state index in [-0.39, 0.29) is 37.3 Å². The molecule has 0 saturated heterocycles. The van der Waals surface area contributed by atoms with E-state index in [1.54, 1.807) is 55.6 Å². The number of anilines is 2. The van der Waals surface area contributed by atoms with E-state index in [1.165, 1.54) is 4.90 Å². The smallest absolute Gasteiger partial charge is 0.326 e. The van der Waals surface area contributed by atoms with Crippen LogP contribution in [0.2, 0.25) is 0 Å². The number of ether oxygens (including phenoxy) is 1. The second kappa shape index (κ2) is 12.0. The number of amidine groups is 1. The van der Waals surface area contributed by atoms with Crippen LogP contribution in [0.5, 0.6) is 0 Å². The summed E-state index contributed by atoms with van der Waals surface area (Å²) in [5.41, 5.74) is 8.94. The molecule has 0 spiro atoms. The number of amides is 1. The van der Waals surface area contributed by atoms with Crippen molar-refractivity contribution in [2.24, 2.45) is 12.8 Å². The summed E-state index contributed by atoms with van der Waals surface area (Å²) in [4.78, 5) is 35.8. The van der Waals surface area contributed by atoms with Gasteiger partial charge in [-0.1, -0.05) is 6.07 Å². The number of nitrogens with zero attached hydrogens (tertiary/aromatic N) is 4. The number of rotatable bonds is 9. The summed E-state index contributed by atoms with van der Waals surface area (Å²) in [5, 5.41) is 10.8. The van der Waals surface area contributed by atoms with Crippen LogP contribution in [0, 0.1) is 5.41 Å². The number of aromatic nitrogens is 3. The number of carbonyl (C=O) groups excluding carboxylic acids is 2. The van der Waals surface area contributed by atoms with Crippen LogP contribution in [0.1, 0.15) is 28.7 Å². The quantitative estimate of drug-likeness (QED) is 0.174. The van der Waals surface area contributed by atoms with Crippen molar-refractivity contribution in [3.63, 3.8) is 0 Å². The van der Waals surface area contributed by atoms with Gasteiger partial charge in [0.2, 0.25) is 0 Å². The molecule has 0 atom stereocenters. The minimum Gasteiger partial charge on any atom is -0.465 e. The Morgan fingerprint density at radius 1 is 1.11 bits per heavy atom. The molecule has 0 saturated carbocycles. The Hall–Kier alpha value is -4.44. The molecule has 2 aromatic heterocycles. The molecule has 4 rings (SSSR count). The van der Waals surface area contributed by atoms with Gasteiger partial charge >= 0.3 is 5.97 Å². The van der Waals surface area contributed by atoms with Crippen LogP contribution in [-0.2, 0) is 23.1 Å². The third kappa shape index (κ3) is 6.22. The molecular weight excluding hydrogens is 494 g/mol. The maximum absolute atomic E-state index is 13.4. The molecule has 0 radical (unpaired) electrons. The highest BCUT2D eigenvalue weighted by Crippen LogP contribution is 2.21. The number of pyridine rings is 1. The van der Waals surface area contributed by atoms with Crippen LogP contribution in [0.25, 0.3) is 11.0 Å². The van der Waals surface area contributed by atoms with Crippen molar-refractivity contribution < 1.29 is 14.3 Å². The van der Waals surface area contributed by atoms with Crippen molar-refractivity contribution in [2.75, 3.05) is 23.4 Å². The zero-order valence-corrected chi connectivity index (χ0v) is 21.3. The molecule has 0 aliphatic heterocycles. The van der Waals surface area contributed by atoms with Crippen molar-refractivity contribution in [3.05, 3.63) is 83.8 Å². The number of fused-ring (bicyclic) bond motifs is 1. The number of esters is 1. The Morgan fingerprint density at radius 2 is 1.84 bits per heavy atom. The summed E-state index contributed by atoms with van der Waals surface area (Å²) in [6, 6.07) is 17.7. The second-order valence-electron chi connectivity index (χ2n) is 8.02. The lowest BCUT2D eigenvalue weighted by atomic mass is 10.1. The fourth-order valence-corrected chi connectivity index (χ4v) is 3.75. The van der Waals surface area contributed by atoms with Crippen molar-refractivity contribution in [3.8, 4) is 0 Å². The number of nitrogens with one attached hydrogen (secondary N) is 2. The van der Waals surface area contributed by atoms with Gasteiger partial charge in [0.1, 0.15) is 24.0 Å². The number of carbonyl (C=O) groups is 2. The Kier molecular flexibility index (Phi) is 8.81. The SMILES string of the molecule is CCOC(=O)CN(C(=O)c1ccc2c(c1)nc(CNc1ccc(C(=N)N)cc1)n2C)c1ccccn1.Cl. The fraction of sp³-hybridized carbons (Fsp3) is 0.192. The molecule has 4 N–H and O–H groups in total. The number of nitrogen functional groups attached to an aromatic ring is 1. The number of benzene rings is 2. The van der Waals surface area contributed by atoms with Crippen LogP contribution in [0.3, 0.4) is 0 Å². The summed E-state index contributed by atoms with van der Waals surface area (Å²) in [7, 11) is 1.91. The monoisotopic (exact) mass is 521 g/mol. The van der Waals surface area contributed by atoms with Crippen LogP contribution < -0.4 is 16.0 Å².